The molecule has 1 heterocycles. The second-order valence-electron chi connectivity index (χ2n) is 6.65. The van der Waals surface area contributed by atoms with E-state index in [0.29, 0.717) is 23.7 Å². The predicted molar refractivity (Wildman–Crippen MR) is 108 cm³/mol. The molecule has 1 saturated heterocycles. The number of aryl methyl sites for hydroxylation is 1. The minimum absolute atomic E-state index is 0.149. The quantitative estimate of drug-likeness (QED) is 0.803. The summed E-state index contributed by atoms with van der Waals surface area (Å²) in [6, 6.07) is 11.4. The van der Waals surface area contributed by atoms with E-state index in [9.17, 15) is 13.2 Å². The van der Waals surface area contributed by atoms with Gasteiger partial charge in [0.25, 0.3) is 15.9 Å². The lowest BCUT2D eigenvalue weighted by molar-refractivity contribution is 0.0725. The molecule has 0 saturated carbocycles. The second-order valence-corrected chi connectivity index (χ2v) is 8.76. The molecule has 0 radical (unpaired) electrons. The Bertz CT molecular complexity index is 921. The third kappa shape index (κ3) is 4.62. The van der Waals surface area contributed by atoms with Gasteiger partial charge in [-0.05, 0) is 61.6 Å². The van der Waals surface area contributed by atoms with Gasteiger partial charge in [0.1, 0.15) is 0 Å². The Hall–Kier alpha value is -2.05. The van der Waals surface area contributed by atoms with Crippen LogP contribution in [0.3, 0.4) is 0 Å². The molecule has 1 amide bonds. The van der Waals surface area contributed by atoms with Crippen LogP contribution >= 0.6 is 11.6 Å². The number of piperidine rings is 1. The Balaban J connectivity index is 1.91. The maximum absolute atomic E-state index is 12.9. The summed E-state index contributed by atoms with van der Waals surface area (Å²) >= 11 is 6.06. The number of nitrogens with one attached hydrogen (secondary N) is 1. The maximum atomic E-state index is 12.9. The number of likely N-dealkylation sites (tertiary alicyclic amines) is 1. The Morgan fingerprint density at radius 2 is 1.74 bits per heavy atom. The Morgan fingerprint density at radius 3 is 2.37 bits per heavy atom. The Kier molecular flexibility index (Phi) is 6.07. The number of sulfonamides is 1. The van der Waals surface area contributed by atoms with Crippen LogP contribution in [0.25, 0.3) is 0 Å². The van der Waals surface area contributed by atoms with Gasteiger partial charge in [-0.25, -0.2) is 8.42 Å². The van der Waals surface area contributed by atoms with Crippen LogP contribution in [0.1, 0.15) is 42.1 Å². The zero-order chi connectivity index (χ0) is 19.4. The van der Waals surface area contributed by atoms with Crippen molar-refractivity contribution in [2.75, 3.05) is 17.8 Å². The number of halogens is 1. The summed E-state index contributed by atoms with van der Waals surface area (Å²) in [6.45, 7) is 3.38. The third-order valence-electron chi connectivity index (χ3n) is 4.74. The zero-order valence-electron chi connectivity index (χ0n) is 15.2. The van der Waals surface area contributed by atoms with Crippen LogP contribution in [-0.4, -0.2) is 32.3 Å². The third-order valence-corrected chi connectivity index (χ3v) is 6.36. The summed E-state index contributed by atoms with van der Waals surface area (Å²) in [7, 11) is -3.82. The molecular formula is C20H23ClN2O3S. The van der Waals surface area contributed by atoms with Gasteiger partial charge in [0.2, 0.25) is 0 Å². The van der Waals surface area contributed by atoms with Gasteiger partial charge < -0.3 is 4.90 Å². The van der Waals surface area contributed by atoms with E-state index in [1.807, 2.05) is 6.92 Å². The van der Waals surface area contributed by atoms with Crippen LogP contribution < -0.4 is 4.72 Å². The van der Waals surface area contributed by atoms with Crippen molar-refractivity contribution in [1.82, 2.24) is 4.90 Å². The van der Waals surface area contributed by atoms with E-state index in [0.717, 1.165) is 31.2 Å². The van der Waals surface area contributed by atoms with Gasteiger partial charge in [-0.1, -0.05) is 30.7 Å². The number of hydrogen-bond acceptors (Lipinski definition) is 3. The molecule has 0 bridgehead atoms. The van der Waals surface area contributed by atoms with Crippen LogP contribution in [0.15, 0.2) is 47.4 Å². The summed E-state index contributed by atoms with van der Waals surface area (Å²) in [5.74, 6) is -0.176. The van der Waals surface area contributed by atoms with Crippen LogP contribution in [0.2, 0.25) is 5.02 Å². The normalized spacial score (nSPS) is 14.8. The standard InChI is InChI=1S/C20H23ClN2O3S/c1-2-15-6-9-17(10-7-15)27(25,26)22-19-14-16(21)8-11-18(19)20(24)23-12-4-3-5-13-23/h6-11,14,22H,2-5,12-13H2,1H3. The first kappa shape index (κ1) is 19.7. The lowest BCUT2D eigenvalue weighted by atomic mass is 10.1. The molecule has 0 aromatic heterocycles. The fourth-order valence-electron chi connectivity index (χ4n) is 3.16. The number of benzene rings is 2. The van der Waals surface area contributed by atoms with Crippen LogP contribution in [0.5, 0.6) is 0 Å². The number of rotatable bonds is 5. The summed E-state index contributed by atoms with van der Waals surface area (Å²) in [4.78, 5) is 14.8. The molecule has 7 heteroatoms. The summed E-state index contributed by atoms with van der Waals surface area (Å²) in [5.41, 5.74) is 1.57. The maximum Gasteiger partial charge on any atom is 0.261 e. The number of anilines is 1. The van der Waals surface area contributed by atoms with Crippen molar-refractivity contribution in [1.29, 1.82) is 0 Å². The molecule has 0 aliphatic carbocycles. The fraction of sp³-hybridized carbons (Fsp3) is 0.350. The predicted octanol–water partition coefficient (Wildman–Crippen LogP) is 4.33. The first-order valence-electron chi connectivity index (χ1n) is 9.11. The molecule has 0 spiro atoms. The van der Waals surface area contributed by atoms with Crippen molar-refractivity contribution in [2.24, 2.45) is 0 Å². The Labute approximate surface area is 165 Å². The highest BCUT2D eigenvalue weighted by Crippen LogP contribution is 2.26. The van der Waals surface area contributed by atoms with E-state index in [1.165, 1.54) is 6.07 Å². The smallest absolute Gasteiger partial charge is 0.261 e. The van der Waals surface area contributed by atoms with E-state index in [4.69, 9.17) is 11.6 Å². The number of nitrogens with zero attached hydrogens (tertiary/aromatic N) is 1. The number of carbonyl (C=O) groups is 1. The lowest BCUT2D eigenvalue weighted by Gasteiger charge is -2.27. The number of amides is 1. The molecule has 1 N–H and O–H groups in total. The van der Waals surface area contributed by atoms with E-state index in [1.54, 1.807) is 41.3 Å². The first-order chi connectivity index (χ1) is 12.9. The largest absolute Gasteiger partial charge is 0.339 e. The van der Waals surface area contributed by atoms with Gasteiger partial charge in [-0.15, -0.1) is 0 Å². The number of hydrogen-bond donors (Lipinski definition) is 1. The van der Waals surface area contributed by atoms with E-state index in [2.05, 4.69) is 4.72 Å². The molecular weight excluding hydrogens is 384 g/mol. The van der Waals surface area contributed by atoms with E-state index in [-0.39, 0.29) is 16.5 Å². The summed E-state index contributed by atoms with van der Waals surface area (Å²) in [6.07, 6.45) is 3.86. The van der Waals surface area contributed by atoms with Crippen molar-refractivity contribution in [3.8, 4) is 0 Å². The second kappa shape index (κ2) is 8.31. The molecule has 1 fully saturated rings. The monoisotopic (exact) mass is 406 g/mol. The summed E-state index contributed by atoms with van der Waals surface area (Å²) < 4.78 is 28.1. The molecule has 5 nitrogen and oxygen atoms in total. The summed E-state index contributed by atoms with van der Waals surface area (Å²) in [5, 5.41) is 0.365. The van der Waals surface area contributed by atoms with Gasteiger partial charge in [0.05, 0.1) is 16.1 Å². The van der Waals surface area contributed by atoms with Gasteiger partial charge in [0.15, 0.2) is 0 Å². The van der Waals surface area contributed by atoms with Crippen LogP contribution in [-0.2, 0) is 16.4 Å². The topological polar surface area (TPSA) is 66.5 Å². The highest BCUT2D eigenvalue weighted by atomic mass is 35.5. The van der Waals surface area contributed by atoms with E-state index < -0.39 is 10.0 Å². The zero-order valence-corrected chi connectivity index (χ0v) is 16.8. The molecule has 1 aliphatic heterocycles. The van der Waals surface area contributed by atoms with Crippen molar-refractivity contribution in [2.45, 2.75) is 37.5 Å². The molecule has 2 aromatic carbocycles. The van der Waals surface area contributed by atoms with E-state index >= 15 is 0 Å². The highest BCUT2D eigenvalue weighted by Gasteiger charge is 2.23. The molecule has 27 heavy (non-hydrogen) atoms. The SMILES string of the molecule is CCc1ccc(S(=O)(=O)Nc2cc(Cl)ccc2C(=O)N2CCCCC2)cc1. The average Bonchev–Trinajstić information content (AvgIpc) is 2.68. The molecule has 144 valence electrons. The van der Waals surface area contributed by atoms with Gasteiger partial charge in [-0.2, -0.15) is 0 Å². The van der Waals surface area contributed by atoms with Crippen LogP contribution in [0, 0.1) is 0 Å². The average molecular weight is 407 g/mol. The minimum Gasteiger partial charge on any atom is -0.339 e. The molecule has 0 atom stereocenters. The van der Waals surface area contributed by atoms with Crippen molar-refractivity contribution in [3.63, 3.8) is 0 Å². The lowest BCUT2D eigenvalue weighted by Crippen LogP contribution is -2.36. The first-order valence-corrected chi connectivity index (χ1v) is 11.0. The van der Waals surface area contributed by atoms with Gasteiger partial charge in [0, 0.05) is 18.1 Å². The molecule has 3 rings (SSSR count). The fourth-order valence-corrected chi connectivity index (χ4v) is 4.41. The van der Waals surface area contributed by atoms with Crippen molar-refractivity contribution < 1.29 is 13.2 Å². The van der Waals surface area contributed by atoms with Crippen LogP contribution in [0.4, 0.5) is 5.69 Å². The number of carbonyl (C=O) groups excluding carboxylic acids is 1. The van der Waals surface area contributed by atoms with Crippen molar-refractivity contribution >= 4 is 33.2 Å². The molecule has 1 aliphatic rings. The Morgan fingerprint density at radius 1 is 1.07 bits per heavy atom. The van der Waals surface area contributed by atoms with Gasteiger partial charge >= 0.3 is 0 Å². The molecule has 0 unspecified atom stereocenters. The van der Waals surface area contributed by atoms with Gasteiger partial charge in [-0.3, -0.25) is 9.52 Å². The van der Waals surface area contributed by atoms with Crippen molar-refractivity contribution in [3.05, 3.63) is 58.6 Å². The minimum atomic E-state index is -3.82. The highest BCUT2D eigenvalue weighted by molar-refractivity contribution is 7.92. The molecule has 2 aromatic rings.